The molecule has 2 heterocycles. The normalized spacial score (nSPS) is 30.6. The van der Waals surface area contributed by atoms with E-state index >= 15 is 0 Å². The van der Waals surface area contributed by atoms with Crippen molar-refractivity contribution in [1.82, 2.24) is 9.80 Å². The first-order valence-electron chi connectivity index (χ1n) is 4.02. The van der Waals surface area contributed by atoms with Crippen LogP contribution in [0, 0.1) is 0 Å². The van der Waals surface area contributed by atoms with Gasteiger partial charge in [-0.2, -0.15) is 0 Å². The maximum Gasteiger partial charge on any atom is 0.0829 e. The first-order valence-corrected chi connectivity index (χ1v) is 4.02. The van der Waals surface area contributed by atoms with Crippen LogP contribution in [0.15, 0.2) is 17.4 Å². The maximum absolute atomic E-state index is 4.03. The second kappa shape index (κ2) is 2.66. The smallest absolute Gasteiger partial charge is 0.0829 e. The second-order valence-corrected chi connectivity index (χ2v) is 3.08. The lowest BCUT2D eigenvalue weighted by Gasteiger charge is -2.44. The van der Waals surface area contributed by atoms with Crippen molar-refractivity contribution in [3.05, 3.63) is 12.4 Å². The van der Waals surface area contributed by atoms with Gasteiger partial charge in [0.15, 0.2) is 0 Å². The van der Waals surface area contributed by atoms with Crippen molar-refractivity contribution >= 4 is 6.21 Å². The molecule has 0 amide bonds. The molecular formula is C8H13N3. The van der Waals surface area contributed by atoms with Crippen LogP contribution < -0.4 is 0 Å². The first-order chi connectivity index (χ1) is 5.38. The summed E-state index contributed by atoms with van der Waals surface area (Å²) in [6.07, 6.45) is 7.79. The van der Waals surface area contributed by atoms with Gasteiger partial charge in [0.1, 0.15) is 0 Å². The third-order valence-corrected chi connectivity index (χ3v) is 2.37. The van der Waals surface area contributed by atoms with Gasteiger partial charge in [0.2, 0.25) is 0 Å². The van der Waals surface area contributed by atoms with Crippen molar-refractivity contribution in [3.8, 4) is 0 Å². The Hall–Kier alpha value is -0.830. The molecule has 2 rings (SSSR count). The van der Waals surface area contributed by atoms with E-state index in [1.807, 2.05) is 12.4 Å². The molecule has 0 aromatic heterocycles. The number of rotatable bonds is 1. The molecule has 1 saturated heterocycles. The van der Waals surface area contributed by atoms with Crippen LogP contribution in [0.4, 0.5) is 0 Å². The van der Waals surface area contributed by atoms with Gasteiger partial charge < -0.3 is 4.90 Å². The van der Waals surface area contributed by atoms with Gasteiger partial charge in [0.25, 0.3) is 0 Å². The van der Waals surface area contributed by atoms with E-state index in [4.69, 9.17) is 0 Å². The minimum absolute atomic E-state index is 0.623. The zero-order valence-electron chi connectivity index (χ0n) is 6.77. The third kappa shape index (κ3) is 1.16. The van der Waals surface area contributed by atoms with Crippen molar-refractivity contribution in [1.29, 1.82) is 0 Å². The summed E-state index contributed by atoms with van der Waals surface area (Å²) in [6.45, 7) is 2.19. The zero-order chi connectivity index (χ0) is 7.68. The van der Waals surface area contributed by atoms with E-state index in [9.17, 15) is 0 Å². The molecule has 1 fully saturated rings. The lowest BCUT2D eigenvalue weighted by Crippen LogP contribution is -2.54. The molecule has 60 valence electrons. The predicted octanol–water partition coefficient (Wildman–Crippen LogP) is 0.506. The lowest BCUT2D eigenvalue weighted by molar-refractivity contribution is 0.0216. The van der Waals surface area contributed by atoms with Gasteiger partial charge in [-0.15, -0.1) is 0 Å². The Bertz CT molecular complexity index is 198. The molecule has 0 spiro atoms. The Labute approximate surface area is 67.0 Å². The first kappa shape index (κ1) is 6.85. The van der Waals surface area contributed by atoms with Gasteiger partial charge in [-0.25, -0.2) is 0 Å². The fourth-order valence-electron chi connectivity index (χ4n) is 1.53. The molecule has 3 nitrogen and oxygen atoms in total. The molecule has 1 atom stereocenters. The lowest BCUT2D eigenvalue weighted by atomic mass is 10.1. The van der Waals surface area contributed by atoms with Crippen LogP contribution in [0.1, 0.15) is 6.42 Å². The Balaban J connectivity index is 1.95. The molecule has 0 aliphatic carbocycles. The van der Waals surface area contributed by atoms with E-state index in [2.05, 4.69) is 28.0 Å². The zero-order valence-corrected chi connectivity index (χ0v) is 6.77. The Morgan fingerprint density at radius 1 is 1.55 bits per heavy atom. The average molecular weight is 151 g/mol. The van der Waals surface area contributed by atoms with E-state index in [-0.39, 0.29) is 0 Å². The molecule has 3 heteroatoms. The largest absolute Gasteiger partial charge is 0.355 e. The number of hydrogen-bond acceptors (Lipinski definition) is 3. The summed E-state index contributed by atoms with van der Waals surface area (Å²) >= 11 is 0. The van der Waals surface area contributed by atoms with E-state index in [1.54, 1.807) is 0 Å². The summed E-state index contributed by atoms with van der Waals surface area (Å²) in [5.74, 6) is 0. The van der Waals surface area contributed by atoms with Gasteiger partial charge in [-0.05, 0) is 13.5 Å². The minimum Gasteiger partial charge on any atom is -0.355 e. The van der Waals surface area contributed by atoms with Crippen LogP contribution in [0.2, 0.25) is 0 Å². The van der Waals surface area contributed by atoms with Crippen molar-refractivity contribution in [2.45, 2.75) is 12.6 Å². The van der Waals surface area contributed by atoms with Crippen LogP contribution >= 0.6 is 0 Å². The minimum atomic E-state index is 0.623. The van der Waals surface area contributed by atoms with Gasteiger partial charge in [-0.3, -0.25) is 9.89 Å². The fourth-order valence-corrected chi connectivity index (χ4v) is 1.53. The summed E-state index contributed by atoms with van der Waals surface area (Å²) in [7, 11) is 2.16. The SMILES string of the molecule is CN1CCC1N1C=CN=CC1. The summed E-state index contributed by atoms with van der Waals surface area (Å²) in [4.78, 5) is 8.69. The second-order valence-electron chi connectivity index (χ2n) is 3.08. The van der Waals surface area contributed by atoms with Gasteiger partial charge in [0.05, 0.1) is 12.7 Å². The molecule has 0 radical (unpaired) electrons. The molecule has 0 saturated carbocycles. The fraction of sp³-hybridized carbons (Fsp3) is 0.625. The molecule has 0 bridgehead atoms. The van der Waals surface area contributed by atoms with E-state index < -0.39 is 0 Å². The van der Waals surface area contributed by atoms with Crippen LogP contribution in [0.25, 0.3) is 0 Å². The van der Waals surface area contributed by atoms with Crippen molar-refractivity contribution in [2.24, 2.45) is 4.99 Å². The standard InChI is InChI=1S/C8H13N3/c1-10-5-2-8(10)11-6-3-9-4-7-11/h3-4,6,8H,2,5,7H2,1H3. The van der Waals surface area contributed by atoms with Crippen molar-refractivity contribution in [2.75, 3.05) is 20.1 Å². The van der Waals surface area contributed by atoms with Gasteiger partial charge in [-0.1, -0.05) is 0 Å². The number of aliphatic imine (C=N–C) groups is 1. The van der Waals surface area contributed by atoms with Crippen LogP contribution in [-0.2, 0) is 0 Å². The summed E-state index contributed by atoms with van der Waals surface area (Å²) in [5, 5.41) is 0. The summed E-state index contributed by atoms with van der Waals surface area (Å²) in [6, 6.07) is 0. The maximum atomic E-state index is 4.03. The van der Waals surface area contributed by atoms with E-state index in [0.717, 1.165) is 6.54 Å². The Kier molecular flexibility index (Phi) is 1.66. The number of hydrogen-bond donors (Lipinski definition) is 0. The highest BCUT2D eigenvalue weighted by atomic mass is 15.4. The highest BCUT2D eigenvalue weighted by molar-refractivity contribution is 5.61. The van der Waals surface area contributed by atoms with E-state index in [0.29, 0.717) is 6.17 Å². The molecule has 0 aromatic carbocycles. The highest BCUT2D eigenvalue weighted by Gasteiger charge is 2.28. The summed E-state index contributed by atoms with van der Waals surface area (Å²) < 4.78 is 0. The highest BCUT2D eigenvalue weighted by Crippen LogP contribution is 2.19. The Morgan fingerprint density at radius 3 is 2.91 bits per heavy atom. The van der Waals surface area contributed by atoms with Crippen LogP contribution in [0.5, 0.6) is 0 Å². The molecule has 2 aliphatic heterocycles. The molecule has 1 unspecified atom stereocenters. The van der Waals surface area contributed by atoms with Crippen LogP contribution in [-0.4, -0.2) is 42.3 Å². The number of likely N-dealkylation sites (tertiary alicyclic amines) is 1. The monoisotopic (exact) mass is 151 g/mol. The molecule has 11 heavy (non-hydrogen) atoms. The van der Waals surface area contributed by atoms with Gasteiger partial charge >= 0.3 is 0 Å². The molecule has 2 aliphatic rings. The molecular weight excluding hydrogens is 138 g/mol. The topological polar surface area (TPSA) is 18.8 Å². The Morgan fingerprint density at radius 2 is 2.45 bits per heavy atom. The van der Waals surface area contributed by atoms with Gasteiger partial charge in [0, 0.05) is 25.2 Å². The number of nitrogens with zero attached hydrogens (tertiary/aromatic N) is 3. The van der Waals surface area contributed by atoms with Crippen molar-refractivity contribution in [3.63, 3.8) is 0 Å². The van der Waals surface area contributed by atoms with Crippen LogP contribution in [0.3, 0.4) is 0 Å². The third-order valence-electron chi connectivity index (χ3n) is 2.37. The quantitative estimate of drug-likeness (QED) is 0.543. The predicted molar refractivity (Wildman–Crippen MR) is 45.4 cm³/mol. The average Bonchev–Trinajstić information content (AvgIpc) is 2.04. The molecule has 0 N–H and O–H groups in total. The van der Waals surface area contributed by atoms with E-state index in [1.165, 1.54) is 13.0 Å². The molecule has 0 aromatic rings. The summed E-state index contributed by atoms with van der Waals surface area (Å²) in [5.41, 5.74) is 0. The van der Waals surface area contributed by atoms with Crippen molar-refractivity contribution < 1.29 is 0 Å².